The van der Waals surface area contributed by atoms with E-state index in [1.165, 1.54) is 0 Å². The summed E-state index contributed by atoms with van der Waals surface area (Å²) >= 11 is 0. The van der Waals surface area contributed by atoms with Crippen LogP contribution in [0.25, 0.3) is 0 Å². The Bertz CT molecular complexity index is 180. The van der Waals surface area contributed by atoms with Crippen molar-refractivity contribution in [2.45, 2.75) is 12.8 Å². The number of hydrogen-bond donors (Lipinski definition) is 5. The zero-order valence-corrected chi connectivity index (χ0v) is 8.82. The van der Waals surface area contributed by atoms with Crippen molar-refractivity contribution < 1.29 is 33.5 Å². The molecule has 1 amide bonds. The maximum absolute atomic E-state index is 10.1. The summed E-state index contributed by atoms with van der Waals surface area (Å²) in [6, 6.07) is 0. The fourth-order valence-electron chi connectivity index (χ4n) is 0.565. The van der Waals surface area contributed by atoms with Crippen LogP contribution in [0.5, 0.6) is 0 Å². The molecule has 0 unspecified atom stereocenters. The molecule has 0 aromatic heterocycles. The quantitative estimate of drug-likeness (QED) is 0.350. The van der Waals surface area contributed by atoms with E-state index in [0.29, 0.717) is 0 Å². The average Bonchev–Trinajstić information content (AvgIpc) is 2.36. The van der Waals surface area contributed by atoms with Crippen LogP contribution in [-0.2, 0) is 13.9 Å². The highest BCUT2D eigenvalue weighted by Crippen LogP contribution is 1.99. The lowest BCUT2D eigenvalue weighted by Crippen LogP contribution is -2.12. The molecule has 5 N–H and O–H groups in total. The maximum atomic E-state index is 10.1. The van der Waals surface area contributed by atoms with Crippen LogP contribution in [0, 0.1) is 0 Å². The van der Waals surface area contributed by atoms with Crippen molar-refractivity contribution in [2.24, 2.45) is 0 Å². The normalized spacial score (nSPS) is 12.7. The Morgan fingerprint density at radius 3 is 1.50 bits per heavy atom. The first-order valence-electron chi connectivity index (χ1n) is 3.33. The lowest BCUT2D eigenvalue weighted by molar-refractivity contribution is -0.119. The number of nitrogens with one attached hydrogen (secondary N) is 1. The molecule has 0 spiro atoms. The van der Waals surface area contributed by atoms with Crippen LogP contribution in [-0.4, -0.2) is 32.0 Å². The molecule has 10 heteroatoms. The van der Waals surface area contributed by atoms with Crippen LogP contribution >= 0.6 is 16.5 Å². The Labute approximate surface area is 81.5 Å². The van der Waals surface area contributed by atoms with Gasteiger partial charge in [0.15, 0.2) is 0 Å². The second kappa shape index (κ2) is 10.6. The molecule has 1 aliphatic heterocycles. The van der Waals surface area contributed by atoms with Gasteiger partial charge in [0.2, 0.25) is 5.91 Å². The largest absolute Gasteiger partial charge is 0.692 e. The van der Waals surface area contributed by atoms with Crippen molar-refractivity contribution in [1.29, 1.82) is 0 Å². The summed E-state index contributed by atoms with van der Waals surface area (Å²) < 4.78 is 17.4. The molecule has 82 valence electrons. The molecule has 0 saturated carbocycles. The van der Waals surface area contributed by atoms with Crippen molar-refractivity contribution >= 4 is 22.4 Å². The summed E-state index contributed by atoms with van der Waals surface area (Å²) in [6.07, 6.45) is 1.76. The van der Waals surface area contributed by atoms with Crippen LogP contribution < -0.4 is 5.32 Å². The highest BCUT2D eigenvalue weighted by molar-refractivity contribution is 7.31. The van der Waals surface area contributed by atoms with E-state index in [9.17, 15) is 4.79 Å². The average molecular weight is 247 g/mol. The fourth-order valence-corrected chi connectivity index (χ4v) is 0.565. The monoisotopic (exact) mass is 247 g/mol. The number of amides is 1. The van der Waals surface area contributed by atoms with Gasteiger partial charge in [-0.05, 0) is 6.42 Å². The number of rotatable bonds is 0. The standard InChI is InChI=1S/C4H7NO.2HO3P/c6-4-2-1-3-5-4;2*1-4(2)3/h1-3H2,(H,5,6);2*(H-,1,2,3)/p+2. The minimum atomic E-state index is -2.87. The second-order valence-corrected chi connectivity index (χ2v) is 2.97. The van der Waals surface area contributed by atoms with Gasteiger partial charge in [-0.25, -0.2) is 0 Å². The molecule has 1 rings (SSSR count). The first-order valence-corrected chi connectivity index (χ1v) is 5.66. The van der Waals surface area contributed by atoms with E-state index in [-0.39, 0.29) is 5.91 Å². The predicted octanol–water partition coefficient (Wildman–Crippen LogP) is -0.847. The molecule has 0 atom stereocenters. The highest BCUT2D eigenvalue weighted by Gasteiger charge is 2.05. The van der Waals surface area contributed by atoms with Gasteiger partial charge in [0, 0.05) is 22.1 Å². The van der Waals surface area contributed by atoms with Gasteiger partial charge in [0.05, 0.1) is 0 Å². The van der Waals surface area contributed by atoms with Crippen molar-refractivity contribution in [3.05, 3.63) is 0 Å². The molecule has 8 nitrogen and oxygen atoms in total. The Balaban J connectivity index is 0. The molecule has 1 aliphatic rings. The number of hydrogen-bond acceptors (Lipinski definition) is 3. The number of carbonyl (C=O) groups is 1. The molecule has 14 heavy (non-hydrogen) atoms. The molecule has 1 fully saturated rings. The van der Waals surface area contributed by atoms with Gasteiger partial charge in [-0.2, -0.15) is 0 Å². The smallest absolute Gasteiger partial charge is 0.356 e. The molecule has 1 heterocycles. The molecular weight excluding hydrogens is 236 g/mol. The third-order valence-corrected chi connectivity index (χ3v) is 0.903. The van der Waals surface area contributed by atoms with E-state index in [1.54, 1.807) is 0 Å². The summed E-state index contributed by atoms with van der Waals surface area (Å²) in [7, 11) is -5.74. The van der Waals surface area contributed by atoms with Gasteiger partial charge in [0.1, 0.15) is 0 Å². The Morgan fingerprint density at radius 2 is 1.43 bits per heavy atom. The molecule has 0 aromatic rings. The van der Waals surface area contributed by atoms with Crippen molar-refractivity contribution in [1.82, 2.24) is 5.32 Å². The van der Waals surface area contributed by atoms with Gasteiger partial charge in [-0.15, -0.1) is 19.6 Å². The van der Waals surface area contributed by atoms with Gasteiger partial charge in [-0.3, -0.25) is 4.79 Å². The summed E-state index contributed by atoms with van der Waals surface area (Å²) in [5.74, 6) is 0.204. The zero-order valence-electron chi connectivity index (χ0n) is 7.03. The van der Waals surface area contributed by atoms with E-state index in [1.807, 2.05) is 0 Å². The minimum absolute atomic E-state index is 0.204. The Hall–Kier alpha value is -0.490. The molecule has 0 aromatic carbocycles. The third-order valence-electron chi connectivity index (χ3n) is 0.903. The van der Waals surface area contributed by atoms with Crippen LogP contribution in [0.3, 0.4) is 0 Å². The second-order valence-electron chi connectivity index (χ2n) is 1.96. The third kappa shape index (κ3) is 30.0. The summed E-state index contributed by atoms with van der Waals surface area (Å²) in [6.45, 7) is 0.888. The molecule has 0 bridgehead atoms. The maximum Gasteiger partial charge on any atom is 0.692 e. The van der Waals surface area contributed by atoms with Crippen LogP contribution in [0.2, 0.25) is 0 Å². The van der Waals surface area contributed by atoms with Crippen molar-refractivity contribution in [3.63, 3.8) is 0 Å². The Kier molecular flexibility index (Phi) is 12.1. The molecule has 1 saturated heterocycles. The van der Waals surface area contributed by atoms with Gasteiger partial charge in [0.25, 0.3) is 0 Å². The predicted molar refractivity (Wildman–Crippen MR) is 46.3 cm³/mol. The fraction of sp³-hybridized carbons (Fsp3) is 0.750. The van der Waals surface area contributed by atoms with Crippen LogP contribution in [0.15, 0.2) is 0 Å². The molecule has 0 radical (unpaired) electrons. The van der Waals surface area contributed by atoms with Gasteiger partial charge in [-0.1, -0.05) is 0 Å². The van der Waals surface area contributed by atoms with Crippen molar-refractivity contribution in [2.75, 3.05) is 6.54 Å². The lowest BCUT2D eigenvalue weighted by atomic mass is 10.4. The lowest BCUT2D eigenvalue weighted by Gasteiger charge is -1.80. The van der Waals surface area contributed by atoms with Crippen LogP contribution in [0.4, 0.5) is 0 Å². The van der Waals surface area contributed by atoms with E-state index in [2.05, 4.69) is 5.32 Å². The van der Waals surface area contributed by atoms with Gasteiger partial charge >= 0.3 is 16.5 Å². The highest BCUT2D eigenvalue weighted by atomic mass is 31.1. The van der Waals surface area contributed by atoms with E-state index in [4.69, 9.17) is 28.7 Å². The van der Waals surface area contributed by atoms with E-state index < -0.39 is 16.5 Å². The molecular formula is C4H11NO7P2+2. The topological polar surface area (TPSA) is 144 Å². The SMILES string of the molecule is O=C1CCCN1.O=[P+](O)O.O=[P+](O)O. The summed E-state index contributed by atoms with van der Waals surface area (Å²) in [5, 5.41) is 2.68. The van der Waals surface area contributed by atoms with Crippen LogP contribution in [0.1, 0.15) is 12.8 Å². The molecule has 0 aliphatic carbocycles. The minimum Gasteiger partial charge on any atom is -0.356 e. The first kappa shape index (κ1) is 16.0. The van der Waals surface area contributed by atoms with Crippen molar-refractivity contribution in [3.8, 4) is 0 Å². The van der Waals surface area contributed by atoms with E-state index in [0.717, 1.165) is 19.4 Å². The first-order chi connectivity index (χ1) is 6.36. The zero-order chi connectivity index (χ0) is 11.6. The van der Waals surface area contributed by atoms with E-state index >= 15 is 0 Å². The Morgan fingerprint density at radius 1 is 1.07 bits per heavy atom. The van der Waals surface area contributed by atoms with Gasteiger partial charge < -0.3 is 5.32 Å². The summed E-state index contributed by atoms with van der Waals surface area (Å²) in [4.78, 5) is 38.6. The summed E-state index contributed by atoms with van der Waals surface area (Å²) in [5.41, 5.74) is 0. The number of carbonyl (C=O) groups excluding carboxylic acids is 1.